The fourth-order valence-corrected chi connectivity index (χ4v) is 5.67. The van der Waals surface area contributed by atoms with Crippen molar-refractivity contribution in [2.75, 3.05) is 18.9 Å². The van der Waals surface area contributed by atoms with Crippen LogP contribution in [0.4, 0.5) is 10.2 Å². The molecule has 7 N–H and O–H groups in total. The number of nitrogens with two attached hydrogens (primary N) is 1. The summed E-state index contributed by atoms with van der Waals surface area (Å²) < 4.78 is 66.1. The van der Waals surface area contributed by atoms with Crippen molar-refractivity contribution >= 4 is 29.3 Å². The van der Waals surface area contributed by atoms with E-state index in [4.69, 9.17) is 30.7 Å². The highest BCUT2D eigenvalue weighted by Crippen LogP contribution is 2.66. The van der Waals surface area contributed by atoms with Crippen LogP contribution in [0.3, 0.4) is 0 Å². The van der Waals surface area contributed by atoms with Crippen LogP contribution in [0.2, 0.25) is 0 Å². The Hall–Kier alpha value is -1.75. The summed E-state index contributed by atoms with van der Waals surface area (Å²) in [6.07, 6.45) is -5.66. The van der Waals surface area contributed by atoms with Gasteiger partial charge in [0.15, 0.2) is 12.4 Å². The van der Waals surface area contributed by atoms with Crippen LogP contribution < -0.4 is 11.4 Å². The minimum atomic E-state index is -5.86. The first-order valence-corrected chi connectivity index (χ1v) is 12.7. The maximum Gasteiger partial charge on any atom is 0.490 e. The molecule has 1 fully saturated rings. The van der Waals surface area contributed by atoms with E-state index in [0.29, 0.717) is 4.57 Å². The molecule has 2 rings (SSSR count). The molecule has 1 aliphatic heterocycles. The van der Waals surface area contributed by atoms with Crippen LogP contribution in [-0.4, -0.2) is 65.3 Å². The monoisotopic (exact) mass is 540 g/mol. The van der Waals surface area contributed by atoms with E-state index in [-0.39, 0.29) is 5.82 Å². The molecule has 1 aromatic rings. The summed E-state index contributed by atoms with van der Waals surface area (Å²) >= 11 is 0. The lowest BCUT2D eigenvalue weighted by Gasteiger charge is -2.30. The molecule has 0 aromatic carbocycles. The number of nitrogens with zero attached hydrogens (tertiary/aromatic N) is 5. The normalized spacial score (nSPS) is 29.1. The number of azide groups is 1. The molecule has 2 heterocycles. The highest BCUT2D eigenvalue weighted by molar-refractivity contribution is 7.66. The summed E-state index contributed by atoms with van der Waals surface area (Å²) in [6.45, 7) is -2.31. The van der Waals surface area contributed by atoms with Gasteiger partial charge in [-0.3, -0.25) is 9.09 Å². The minimum Gasteiger partial charge on any atom is -0.387 e. The molecule has 0 bridgehead atoms. The van der Waals surface area contributed by atoms with Gasteiger partial charge in [0.05, 0.1) is 13.2 Å². The summed E-state index contributed by atoms with van der Waals surface area (Å²) in [5.41, 5.74) is 10.3. The fraction of sp³-hybridized carbons (Fsp3) is 0.600. The molecule has 19 nitrogen and oxygen atoms in total. The van der Waals surface area contributed by atoms with Crippen molar-refractivity contribution < 1.29 is 60.6 Å². The Balaban J connectivity index is 2.30. The molecule has 0 aliphatic carbocycles. The molecule has 1 aliphatic rings. The maximum absolute atomic E-state index is 14.8. The van der Waals surface area contributed by atoms with Crippen LogP contribution in [0.5, 0.6) is 0 Å². The summed E-state index contributed by atoms with van der Waals surface area (Å²) in [6, 6.07) is 1.09. The highest BCUT2D eigenvalue weighted by atomic mass is 31.3. The number of phosphoric ester groups is 1. The predicted molar refractivity (Wildman–Crippen MR) is 100 cm³/mol. The molecule has 33 heavy (non-hydrogen) atoms. The Labute approximate surface area is 181 Å². The zero-order valence-electron chi connectivity index (χ0n) is 15.8. The van der Waals surface area contributed by atoms with E-state index in [1.807, 2.05) is 0 Å². The zero-order chi connectivity index (χ0) is 25.2. The van der Waals surface area contributed by atoms with Crippen molar-refractivity contribution in [3.8, 4) is 0 Å². The van der Waals surface area contributed by atoms with Crippen molar-refractivity contribution in [3.63, 3.8) is 0 Å². The molecule has 0 saturated carbocycles. The number of aliphatic hydroxyl groups is 1. The van der Waals surface area contributed by atoms with Crippen molar-refractivity contribution in [2.45, 2.75) is 24.1 Å². The van der Waals surface area contributed by atoms with Crippen LogP contribution in [0.15, 0.2) is 22.2 Å². The van der Waals surface area contributed by atoms with Gasteiger partial charge in [0.25, 0.3) is 0 Å². The van der Waals surface area contributed by atoms with Gasteiger partial charge in [0.1, 0.15) is 17.5 Å². The number of halogens is 1. The van der Waals surface area contributed by atoms with Gasteiger partial charge in [0.2, 0.25) is 0 Å². The number of rotatable bonds is 10. The van der Waals surface area contributed by atoms with Crippen molar-refractivity contribution in [1.29, 1.82) is 0 Å². The Morgan fingerprint density at radius 3 is 2.48 bits per heavy atom. The number of hydrogen-bond acceptors (Lipinski definition) is 12. The number of ether oxygens (including phenoxy) is 1. The predicted octanol–water partition coefficient (Wildman–Crippen LogP) is -0.554. The van der Waals surface area contributed by atoms with Gasteiger partial charge in [-0.25, -0.2) is 22.9 Å². The van der Waals surface area contributed by atoms with E-state index >= 15 is 0 Å². The van der Waals surface area contributed by atoms with E-state index in [1.54, 1.807) is 0 Å². The van der Waals surface area contributed by atoms with Crippen LogP contribution in [0.25, 0.3) is 10.4 Å². The van der Waals surface area contributed by atoms with Gasteiger partial charge in [-0.05, 0) is 11.6 Å². The lowest BCUT2D eigenvalue weighted by Crippen LogP contribution is -2.48. The van der Waals surface area contributed by atoms with E-state index in [0.717, 1.165) is 12.3 Å². The smallest absolute Gasteiger partial charge is 0.387 e. The van der Waals surface area contributed by atoms with Crippen LogP contribution >= 0.6 is 23.5 Å². The van der Waals surface area contributed by atoms with Crippen molar-refractivity contribution in [3.05, 3.63) is 33.2 Å². The summed E-state index contributed by atoms with van der Waals surface area (Å²) in [4.78, 5) is 53.5. The Morgan fingerprint density at radius 1 is 1.30 bits per heavy atom. The quantitative estimate of drug-likeness (QED) is 0.0938. The minimum absolute atomic E-state index is 0.224. The number of aliphatic hydroxyl groups excluding tert-OH is 1. The van der Waals surface area contributed by atoms with Crippen LogP contribution in [0, 0.1) is 0 Å². The summed E-state index contributed by atoms with van der Waals surface area (Å²) in [7, 11) is -17.2. The molecular weight excluding hydrogens is 524 g/mol. The van der Waals surface area contributed by atoms with Crippen molar-refractivity contribution in [2.24, 2.45) is 5.11 Å². The van der Waals surface area contributed by atoms with E-state index < -0.39 is 66.4 Å². The molecule has 23 heteroatoms. The second-order valence-electron chi connectivity index (χ2n) is 6.26. The van der Waals surface area contributed by atoms with Crippen LogP contribution in [0.1, 0.15) is 6.23 Å². The second-order valence-corrected chi connectivity index (χ2v) is 10.7. The molecule has 0 amide bonds. The van der Waals surface area contributed by atoms with Gasteiger partial charge in [0, 0.05) is 11.1 Å². The average molecular weight is 540 g/mol. The number of phosphoric acid groups is 3. The molecule has 1 aromatic heterocycles. The Morgan fingerprint density at radius 2 is 1.94 bits per heavy atom. The summed E-state index contributed by atoms with van der Waals surface area (Å²) in [5, 5.41) is 13.4. The van der Waals surface area contributed by atoms with E-state index in [2.05, 4.69) is 28.2 Å². The Kier molecular flexibility index (Phi) is 8.21. The molecule has 1 saturated heterocycles. The number of alkyl halides is 1. The average Bonchev–Trinajstić information content (AvgIpc) is 2.88. The fourth-order valence-electron chi connectivity index (χ4n) is 2.59. The first kappa shape index (κ1) is 27.5. The molecule has 0 radical (unpaired) electrons. The van der Waals surface area contributed by atoms with Gasteiger partial charge >= 0.3 is 29.2 Å². The van der Waals surface area contributed by atoms with Gasteiger partial charge in [-0.1, -0.05) is 5.11 Å². The van der Waals surface area contributed by atoms with Gasteiger partial charge < -0.3 is 35.2 Å². The van der Waals surface area contributed by atoms with Gasteiger partial charge in [-0.2, -0.15) is 13.6 Å². The maximum atomic E-state index is 14.8. The topological polar surface area (TPSA) is 299 Å². The van der Waals surface area contributed by atoms with Crippen molar-refractivity contribution in [1.82, 2.24) is 9.55 Å². The third-order valence-corrected chi connectivity index (χ3v) is 7.67. The lowest BCUT2D eigenvalue weighted by molar-refractivity contribution is -0.120. The Bertz CT molecular complexity index is 1140. The molecule has 0 spiro atoms. The zero-order valence-corrected chi connectivity index (χ0v) is 18.5. The largest absolute Gasteiger partial charge is 0.490 e. The second kappa shape index (κ2) is 9.85. The molecule has 3 unspecified atom stereocenters. The van der Waals surface area contributed by atoms with Gasteiger partial charge in [-0.15, -0.1) is 0 Å². The third-order valence-electron chi connectivity index (χ3n) is 3.88. The number of aromatic nitrogens is 2. The first-order chi connectivity index (χ1) is 15.0. The van der Waals surface area contributed by atoms with Crippen LogP contribution in [-0.2, 0) is 31.6 Å². The molecule has 186 valence electrons. The molecule has 6 atom stereocenters. The number of anilines is 1. The SMILES string of the molecule is [N-]=[N+]=NC[C@]1(COP(=O)(O)OP(=O)(O)OP(=O)(O)O)OC(n2ccc(N)nc2=O)[C@@H](F)[C@@H]1O. The molecular formula is C10H16FN6O13P3. The standard InChI is InChI=1S/C10H16FN6O13P3/c11-6-7(18)10(3-14-16-13,28-8(6)17-2-1-5(12)15-9(17)19)4-27-32(23,24)30-33(25,26)29-31(20,21)22/h1-2,6-8,18H,3-4H2,(H,23,24)(H,25,26)(H2,12,15,19)(H2,20,21,22)/t6-,7-,8?,10+/m0/s1. The highest BCUT2D eigenvalue weighted by Gasteiger charge is 2.57. The lowest BCUT2D eigenvalue weighted by atomic mass is 9.97. The first-order valence-electron chi connectivity index (χ1n) is 8.15. The summed E-state index contributed by atoms with van der Waals surface area (Å²) in [5.74, 6) is -0.224. The number of nitrogen functional groups attached to an aromatic ring is 1. The number of hydrogen-bond donors (Lipinski definition) is 6. The third kappa shape index (κ3) is 7.11. The van der Waals surface area contributed by atoms with E-state index in [9.17, 15) is 32.9 Å². The van der Waals surface area contributed by atoms with E-state index in [1.165, 1.54) is 0 Å².